The number of unbranched alkanes of at least 4 members (excludes halogenated alkanes) is 1. The topological polar surface area (TPSA) is 12.9 Å². The third-order valence-corrected chi connectivity index (χ3v) is 2.15. The van der Waals surface area contributed by atoms with Crippen molar-refractivity contribution in [3.05, 3.63) is 28.5 Å². The van der Waals surface area contributed by atoms with Crippen LogP contribution in [0.25, 0.3) is 0 Å². The van der Waals surface area contributed by atoms with Gasteiger partial charge in [-0.05, 0) is 25.0 Å². The van der Waals surface area contributed by atoms with Gasteiger partial charge in [0.1, 0.15) is 5.15 Å². The van der Waals surface area contributed by atoms with E-state index in [4.69, 9.17) is 11.6 Å². The molecule has 84 valence electrons. The monoisotopic (exact) mass is 237 g/mol. The Bertz CT molecular complexity index is 336. The van der Waals surface area contributed by atoms with Crippen molar-refractivity contribution in [1.29, 1.82) is 0 Å². The average Bonchev–Trinajstić information content (AvgIpc) is 2.12. The molecular weight excluding hydrogens is 227 g/mol. The minimum Gasteiger partial charge on any atom is -0.241 e. The van der Waals surface area contributed by atoms with Crippen molar-refractivity contribution in [2.24, 2.45) is 0 Å². The maximum atomic E-state index is 12.4. The predicted octanol–water partition coefficient (Wildman–Crippen LogP) is 4.10. The van der Waals surface area contributed by atoms with Crippen LogP contribution in [-0.4, -0.2) is 4.98 Å². The lowest BCUT2D eigenvalue weighted by molar-refractivity contribution is -0.137. The molecule has 0 bridgehead atoms. The molecule has 1 nitrogen and oxygen atoms in total. The van der Waals surface area contributed by atoms with E-state index in [2.05, 4.69) is 4.98 Å². The summed E-state index contributed by atoms with van der Waals surface area (Å²) < 4.78 is 37.2. The maximum Gasteiger partial charge on any atom is 0.416 e. The number of hydrogen-bond acceptors (Lipinski definition) is 1. The second-order valence-electron chi connectivity index (χ2n) is 3.27. The molecule has 0 unspecified atom stereocenters. The van der Waals surface area contributed by atoms with Gasteiger partial charge in [0.2, 0.25) is 0 Å². The van der Waals surface area contributed by atoms with Crippen LogP contribution in [0.5, 0.6) is 0 Å². The molecule has 1 heterocycles. The van der Waals surface area contributed by atoms with Gasteiger partial charge >= 0.3 is 6.18 Å². The summed E-state index contributed by atoms with van der Waals surface area (Å²) in [6.45, 7) is 1.97. The number of pyridine rings is 1. The molecule has 0 aromatic carbocycles. The highest BCUT2D eigenvalue weighted by molar-refractivity contribution is 6.29. The molecule has 0 aliphatic heterocycles. The Morgan fingerprint density at radius 3 is 2.53 bits per heavy atom. The first-order valence-corrected chi connectivity index (χ1v) is 5.05. The summed E-state index contributed by atoms with van der Waals surface area (Å²) in [6.07, 6.45) is -2.10. The van der Waals surface area contributed by atoms with Crippen LogP contribution < -0.4 is 0 Å². The van der Waals surface area contributed by atoms with Crippen LogP contribution in [-0.2, 0) is 12.6 Å². The highest BCUT2D eigenvalue weighted by Crippen LogP contribution is 2.31. The summed E-state index contributed by atoms with van der Waals surface area (Å²) in [5.41, 5.74) is -0.328. The van der Waals surface area contributed by atoms with Crippen molar-refractivity contribution in [2.75, 3.05) is 0 Å². The SMILES string of the molecule is CCCCc1cc(C(F)(F)F)cc(Cl)n1. The van der Waals surface area contributed by atoms with Gasteiger partial charge in [0.25, 0.3) is 0 Å². The molecule has 0 aliphatic rings. The van der Waals surface area contributed by atoms with E-state index in [1.54, 1.807) is 0 Å². The van der Waals surface area contributed by atoms with Crippen LogP contribution in [0.4, 0.5) is 13.2 Å². The van der Waals surface area contributed by atoms with Crippen LogP contribution in [0.2, 0.25) is 5.15 Å². The van der Waals surface area contributed by atoms with Gasteiger partial charge in [0.05, 0.1) is 5.56 Å². The zero-order valence-electron chi connectivity index (χ0n) is 8.24. The fourth-order valence-electron chi connectivity index (χ4n) is 1.20. The van der Waals surface area contributed by atoms with Crippen LogP contribution in [0.15, 0.2) is 12.1 Å². The number of aromatic nitrogens is 1. The number of alkyl halides is 3. The highest BCUT2D eigenvalue weighted by atomic mass is 35.5. The van der Waals surface area contributed by atoms with Crippen LogP contribution >= 0.6 is 11.6 Å². The third-order valence-electron chi connectivity index (χ3n) is 1.96. The molecule has 0 atom stereocenters. The fourth-order valence-corrected chi connectivity index (χ4v) is 1.43. The molecule has 0 saturated heterocycles. The molecule has 15 heavy (non-hydrogen) atoms. The lowest BCUT2D eigenvalue weighted by Gasteiger charge is -2.08. The van der Waals surface area contributed by atoms with Crippen molar-refractivity contribution in [3.63, 3.8) is 0 Å². The van der Waals surface area contributed by atoms with E-state index in [9.17, 15) is 13.2 Å². The summed E-state index contributed by atoms with van der Waals surface area (Å²) in [5, 5.41) is -0.101. The summed E-state index contributed by atoms with van der Waals surface area (Å²) >= 11 is 5.52. The Morgan fingerprint density at radius 1 is 1.33 bits per heavy atom. The molecule has 5 heteroatoms. The number of nitrogens with zero attached hydrogens (tertiary/aromatic N) is 1. The number of halogens is 4. The van der Waals surface area contributed by atoms with Gasteiger partial charge in [-0.25, -0.2) is 4.98 Å². The molecule has 0 radical (unpaired) electrons. The molecule has 1 aromatic heterocycles. The van der Waals surface area contributed by atoms with Crippen molar-refractivity contribution in [1.82, 2.24) is 4.98 Å². The molecule has 1 rings (SSSR count). The van der Waals surface area contributed by atoms with E-state index in [0.29, 0.717) is 12.1 Å². The minimum atomic E-state index is -4.35. The van der Waals surface area contributed by atoms with Crippen LogP contribution in [0, 0.1) is 0 Å². The number of hydrogen-bond donors (Lipinski definition) is 0. The third kappa shape index (κ3) is 3.70. The second kappa shape index (κ2) is 4.84. The van der Waals surface area contributed by atoms with Gasteiger partial charge in [-0.3, -0.25) is 0 Å². The van der Waals surface area contributed by atoms with Gasteiger partial charge in [-0.15, -0.1) is 0 Å². The quantitative estimate of drug-likeness (QED) is 0.722. The molecule has 0 amide bonds. The van der Waals surface area contributed by atoms with Gasteiger partial charge in [-0.1, -0.05) is 24.9 Å². The first-order valence-electron chi connectivity index (χ1n) is 4.67. The number of rotatable bonds is 3. The predicted molar refractivity (Wildman–Crippen MR) is 52.9 cm³/mol. The summed E-state index contributed by atoms with van der Waals surface area (Å²) in [7, 11) is 0. The standard InChI is InChI=1S/C10H11ClF3N/c1-2-3-4-8-5-7(10(12,13)14)6-9(11)15-8/h5-6H,2-4H2,1H3. The van der Waals surface area contributed by atoms with E-state index in [1.165, 1.54) is 0 Å². The van der Waals surface area contributed by atoms with E-state index in [1.807, 2.05) is 6.92 Å². The lowest BCUT2D eigenvalue weighted by atomic mass is 10.1. The Kier molecular flexibility index (Phi) is 3.97. The minimum absolute atomic E-state index is 0.101. The Balaban J connectivity index is 2.95. The molecule has 0 saturated carbocycles. The normalized spacial score (nSPS) is 11.8. The number of aryl methyl sites for hydroxylation is 1. The first-order chi connectivity index (χ1) is 6.93. The zero-order valence-corrected chi connectivity index (χ0v) is 8.99. The Labute approximate surface area is 91.3 Å². The van der Waals surface area contributed by atoms with E-state index in [0.717, 1.165) is 25.0 Å². The molecule has 1 aromatic rings. The molecular formula is C10H11ClF3N. The molecule has 0 spiro atoms. The Hall–Kier alpha value is -0.770. The smallest absolute Gasteiger partial charge is 0.241 e. The lowest BCUT2D eigenvalue weighted by Crippen LogP contribution is -2.06. The van der Waals surface area contributed by atoms with Crippen molar-refractivity contribution >= 4 is 11.6 Å². The molecule has 0 fully saturated rings. The largest absolute Gasteiger partial charge is 0.416 e. The van der Waals surface area contributed by atoms with E-state index >= 15 is 0 Å². The summed E-state index contributed by atoms with van der Waals surface area (Å²) in [6, 6.07) is 1.90. The van der Waals surface area contributed by atoms with Crippen LogP contribution in [0.1, 0.15) is 31.0 Å². The van der Waals surface area contributed by atoms with E-state index in [-0.39, 0.29) is 5.15 Å². The maximum absolute atomic E-state index is 12.4. The van der Waals surface area contributed by atoms with Gasteiger partial charge in [0, 0.05) is 5.69 Å². The highest BCUT2D eigenvalue weighted by Gasteiger charge is 2.31. The Morgan fingerprint density at radius 2 is 2.00 bits per heavy atom. The average molecular weight is 238 g/mol. The summed E-state index contributed by atoms with van der Waals surface area (Å²) in [5.74, 6) is 0. The summed E-state index contributed by atoms with van der Waals surface area (Å²) in [4.78, 5) is 3.85. The zero-order chi connectivity index (χ0) is 11.5. The van der Waals surface area contributed by atoms with Gasteiger partial charge in [-0.2, -0.15) is 13.2 Å². The van der Waals surface area contributed by atoms with Gasteiger partial charge < -0.3 is 0 Å². The van der Waals surface area contributed by atoms with E-state index < -0.39 is 11.7 Å². The fraction of sp³-hybridized carbons (Fsp3) is 0.500. The first kappa shape index (κ1) is 12.3. The molecule has 0 aliphatic carbocycles. The van der Waals surface area contributed by atoms with Gasteiger partial charge in [0.15, 0.2) is 0 Å². The van der Waals surface area contributed by atoms with Crippen molar-refractivity contribution < 1.29 is 13.2 Å². The second-order valence-corrected chi connectivity index (χ2v) is 3.66. The van der Waals surface area contributed by atoms with Crippen molar-refractivity contribution in [2.45, 2.75) is 32.4 Å². The van der Waals surface area contributed by atoms with Crippen molar-refractivity contribution in [3.8, 4) is 0 Å². The van der Waals surface area contributed by atoms with Crippen LogP contribution in [0.3, 0.4) is 0 Å². The molecule has 0 N–H and O–H groups in total.